The first kappa shape index (κ1) is 13.2. The van der Waals surface area contributed by atoms with E-state index in [1.54, 1.807) is 6.07 Å². The van der Waals surface area contributed by atoms with Crippen molar-refractivity contribution >= 4 is 27.5 Å². The van der Waals surface area contributed by atoms with E-state index in [0.29, 0.717) is 12.2 Å². The summed E-state index contributed by atoms with van der Waals surface area (Å²) in [5.41, 5.74) is 3.62. The van der Waals surface area contributed by atoms with Crippen LogP contribution in [-0.2, 0) is 6.42 Å². The smallest absolute Gasteiger partial charge is 0.255 e. The molecule has 0 atom stereocenters. The summed E-state index contributed by atoms with van der Waals surface area (Å²) in [6, 6.07) is 11.4. The quantitative estimate of drug-likeness (QED) is 0.904. The van der Waals surface area contributed by atoms with Crippen LogP contribution in [0.5, 0.6) is 5.75 Å². The Morgan fingerprint density at radius 2 is 2.10 bits per heavy atom. The molecular weight excluding hydrogens is 318 g/mol. The normalized spacial score (nSPS) is 12.7. The van der Waals surface area contributed by atoms with E-state index in [9.17, 15) is 4.79 Å². The molecule has 0 fully saturated rings. The molecular formula is C16H14BrNO2. The summed E-state index contributed by atoms with van der Waals surface area (Å²) in [7, 11) is 0. The van der Waals surface area contributed by atoms with Gasteiger partial charge >= 0.3 is 0 Å². The average Bonchev–Trinajstić information content (AvgIpc) is 2.90. The Labute approximate surface area is 126 Å². The predicted molar refractivity (Wildman–Crippen MR) is 82.5 cm³/mol. The van der Waals surface area contributed by atoms with E-state index in [0.717, 1.165) is 33.5 Å². The molecule has 1 aliphatic rings. The number of halogens is 1. The molecule has 0 radical (unpaired) electrons. The maximum absolute atomic E-state index is 12.3. The predicted octanol–water partition coefficient (Wildman–Crippen LogP) is 3.94. The number of hydrogen-bond donors (Lipinski definition) is 1. The van der Waals surface area contributed by atoms with E-state index in [4.69, 9.17) is 4.74 Å². The Kier molecular flexibility index (Phi) is 3.49. The fourth-order valence-corrected chi connectivity index (χ4v) is 2.61. The second-order valence-corrected chi connectivity index (χ2v) is 5.75. The average molecular weight is 332 g/mol. The van der Waals surface area contributed by atoms with Crippen LogP contribution in [0.2, 0.25) is 0 Å². The molecule has 3 nitrogen and oxygen atoms in total. The zero-order valence-electron chi connectivity index (χ0n) is 11.1. The minimum absolute atomic E-state index is 0.0964. The van der Waals surface area contributed by atoms with Gasteiger partial charge in [-0.25, -0.2) is 0 Å². The first-order valence-electron chi connectivity index (χ1n) is 6.47. The first-order chi connectivity index (χ1) is 9.63. The van der Waals surface area contributed by atoms with Gasteiger partial charge in [0, 0.05) is 22.1 Å². The van der Waals surface area contributed by atoms with E-state index in [2.05, 4.69) is 21.2 Å². The van der Waals surface area contributed by atoms with Gasteiger partial charge in [0.25, 0.3) is 5.91 Å². The summed E-state index contributed by atoms with van der Waals surface area (Å²) in [5.74, 6) is 0.793. The molecule has 1 heterocycles. The van der Waals surface area contributed by atoms with E-state index in [-0.39, 0.29) is 5.91 Å². The fraction of sp³-hybridized carbons (Fsp3) is 0.188. The van der Waals surface area contributed by atoms with Gasteiger partial charge in [0.05, 0.1) is 6.61 Å². The second kappa shape index (κ2) is 5.29. The summed E-state index contributed by atoms with van der Waals surface area (Å²) in [6.45, 7) is 2.67. The number of benzene rings is 2. The summed E-state index contributed by atoms with van der Waals surface area (Å²) < 4.78 is 6.39. The number of fused-ring (bicyclic) bond motifs is 1. The van der Waals surface area contributed by atoms with Crippen molar-refractivity contribution in [3.8, 4) is 5.75 Å². The van der Waals surface area contributed by atoms with Crippen molar-refractivity contribution in [2.75, 3.05) is 11.9 Å². The number of ether oxygens (including phenoxy) is 1. The molecule has 0 saturated heterocycles. The maximum Gasteiger partial charge on any atom is 0.255 e. The van der Waals surface area contributed by atoms with Crippen molar-refractivity contribution in [3.05, 3.63) is 57.6 Å². The molecule has 3 rings (SSSR count). The van der Waals surface area contributed by atoms with Gasteiger partial charge in [-0.3, -0.25) is 4.79 Å². The SMILES string of the molecule is Cc1ccc(Br)cc1NC(=O)c1ccc2c(c1)CCO2. The number of carbonyl (C=O) groups excluding carboxylic acids is 1. The van der Waals surface area contributed by atoms with E-state index in [1.807, 2.05) is 37.3 Å². The van der Waals surface area contributed by atoms with Crippen LogP contribution >= 0.6 is 15.9 Å². The number of aryl methyl sites for hydroxylation is 1. The molecule has 0 aromatic heterocycles. The minimum atomic E-state index is -0.0964. The topological polar surface area (TPSA) is 38.3 Å². The van der Waals surface area contributed by atoms with Crippen LogP contribution in [0.1, 0.15) is 21.5 Å². The molecule has 0 spiro atoms. The number of nitrogens with one attached hydrogen (secondary N) is 1. The van der Waals surface area contributed by atoms with Gasteiger partial charge in [-0.15, -0.1) is 0 Å². The lowest BCUT2D eigenvalue weighted by Gasteiger charge is -2.09. The highest BCUT2D eigenvalue weighted by molar-refractivity contribution is 9.10. The highest BCUT2D eigenvalue weighted by Gasteiger charge is 2.15. The standard InChI is InChI=1S/C16H14BrNO2/c1-10-2-4-13(17)9-14(10)18-16(19)12-3-5-15-11(8-12)6-7-20-15/h2-5,8-9H,6-7H2,1H3,(H,18,19). The van der Waals surface area contributed by atoms with Gasteiger partial charge in [0.1, 0.15) is 5.75 Å². The Bertz CT molecular complexity index is 682. The van der Waals surface area contributed by atoms with Crippen molar-refractivity contribution in [3.63, 3.8) is 0 Å². The lowest BCUT2D eigenvalue weighted by Crippen LogP contribution is -2.12. The van der Waals surface area contributed by atoms with Crippen molar-refractivity contribution in [1.82, 2.24) is 0 Å². The highest BCUT2D eigenvalue weighted by Crippen LogP contribution is 2.27. The van der Waals surface area contributed by atoms with Crippen molar-refractivity contribution in [2.24, 2.45) is 0 Å². The lowest BCUT2D eigenvalue weighted by molar-refractivity contribution is 0.102. The monoisotopic (exact) mass is 331 g/mol. The molecule has 102 valence electrons. The second-order valence-electron chi connectivity index (χ2n) is 4.83. The molecule has 1 aliphatic heterocycles. The summed E-state index contributed by atoms with van der Waals surface area (Å²) >= 11 is 3.42. The van der Waals surface area contributed by atoms with E-state index < -0.39 is 0 Å². The van der Waals surface area contributed by atoms with Gasteiger partial charge in [-0.1, -0.05) is 22.0 Å². The third-order valence-corrected chi connectivity index (χ3v) is 3.89. The third-order valence-electron chi connectivity index (χ3n) is 3.40. The zero-order chi connectivity index (χ0) is 14.1. The number of amides is 1. The molecule has 0 aliphatic carbocycles. The van der Waals surface area contributed by atoms with Gasteiger partial charge in [0.15, 0.2) is 0 Å². The molecule has 20 heavy (non-hydrogen) atoms. The fourth-order valence-electron chi connectivity index (χ4n) is 2.25. The third kappa shape index (κ3) is 2.56. The van der Waals surface area contributed by atoms with Gasteiger partial charge in [0.2, 0.25) is 0 Å². The summed E-state index contributed by atoms with van der Waals surface area (Å²) in [4.78, 5) is 12.3. The van der Waals surface area contributed by atoms with Crippen molar-refractivity contribution in [1.29, 1.82) is 0 Å². The van der Waals surface area contributed by atoms with Crippen LogP contribution in [0.3, 0.4) is 0 Å². The van der Waals surface area contributed by atoms with Crippen LogP contribution in [0, 0.1) is 6.92 Å². The number of anilines is 1. The molecule has 1 amide bonds. The Morgan fingerprint density at radius 3 is 2.95 bits per heavy atom. The van der Waals surface area contributed by atoms with Crippen LogP contribution in [0.25, 0.3) is 0 Å². The van der Waals surface area contributed by atoms with Crippen LogP contribution < -0.4 is 10.1 Å². The van der Waals surface area contributed by atoms with Crippen LogP contribution in [-0.4, -0.2) is 12.5 Å². The summed E-state index contributed by atoms with van der Waals surface area (Å²) in [6.07, 6.45) is 0.867. The van der Waals surface area contributed by atoms with E-state index >= 15 is 0 Å². The largest absolute Gasteiger partial charge is 0.493 e. The number of hydrogen-bond acceptors (Lipinski definition) is 2. The van der Waals surface area contributed by atoms with E-state index in [1.165, 1.54) is 0 Å². The number of carbonyl (C=O) groups is 1. The molecule has 2 aromatic carbocycles. The molecule has 4 heteroatoms. The highest BCUT2D eigenvalue weighted by atomic mass is 79.9. The molecule has 0 saturated carbocycles. The van der Waals surface area contributed by atoms with Crippen LogP contribution in [0.15, 0.2) is 40.9 Å². The lowest BCUT2D eigenvalue weighted by atomic mass is 10.1. The zero-order valence-corrected chi connectivity index (χ0v) is 12.7. The van der Waals surface area contributed by atoms with Gasteiger partial charge < -0.3 is 10.1 Å². The molecule has 0 unspecified atom stereocenters. The molecule has 2 aromatic rings. The van der Waals surface area contributed by atoms with Gasteiger partial charge in [-0.05, 0) is 48.4 Å². The number of rotatable bonds is 2. The van der Waals surface area contributed by atoms with Crippen molar-refractivity contribution in [2.45, 2.75) is 13.3 Å². The minimum Gasteiger partial charge on any atom is -0.493 e. The van der Waals surface area contributed by atoms with Crippen LogP contribution in [0.4, 0.5) is 5.69 Å². The maximum atomic E-state index is 12.3. The Balaban J connectivity index is 1.84. The van der Waals surface area contributed by atoms with Crippen molar-refractivity contribution < 1.29 is 9.53 Å². The Morgan fingerprint density at radius 1 is 1.25 bits per heavy atom. The molecule has 0 bridgehead atoms. The summed E-state index contributed by atoms with van der Waals surface area (Å²) in [5, 5.41) is 2.95. The molecule has 1 N–H and O–H groups in total. The first-order valence-corrected chi connectivity index (χ1v) is 7.26. The van der Waals surface area contributed by atoms with Gasteiger partial charge in [-0.2, -0.15) is 0 Å². The Hall–Kier alpha value is -1.81.